The fraction of sp³-hybridized carbons (Fsp3) is 0.455. The third kappa shape index (κ3) is 3.40. The second-order valence-electron chi connectivity index (χ2n) is 4.06. The molecule has 6 nitrogen and oxygen atoms in total. The molecule has 2 aromatic heterocycles. The summed E-state index contributed by atoms with van der Waals surface area (Å²) < 4.78 is 26.4. The second kappa shape index (κ2) is 5.81. The lowest BCUT2D eigenvalue weighted by Crippen LogP contribution is -2.29. The Balaban J connectivity index is 2.06. The first-order valence-electron chi connectivity index (χ1n) is 5.93. The third-order valence-electron chi connectivity index (χ3n) is 2.56. The van der Waals surface area contributed by atoms with E-state index in [0.29, 0.717) is 18.9 Å². The van der Waals surface area contributed by atoms with Crippen molar-refractivity contribution in [3.8, 4) is 0 Å². The highest BCUT2D eigenvalue weighted by Crippen LogP contribution is 2.28. The van der Waals surface area contributed by atoms with E-state index < -0.39 is 10.0 Å². The maximum Gasteiger partial charge on any atom is 0.213 e. The third-order valence-corrected chi connectivity index (χ3v) is 5.12. The predicted molar refractivity (Wildman–Crippen MR) is 78.1 cm³/mol. The summed E-state index contributed by atoms with van der Waals surface area (Å²) in [5, 5.41) is 5.07. The quantitative estimate of drug-likeness (QED) is 0.841. The molecule has 2 aromatic rings. The largest absolute Gasteiger partial charge is 0.368 e. The molecule has 8 heteroatoms. The monoisotopic (exact) mass is 300 g/mol. The van der Waals surface area contributed by atoms with Crippen LogP contribution in [0.5, 0.6) is 0 Å². The molecule has 2 heterocycles. The molecule has 0 amide bonds. The number of aromatic nitrogens is 2. The number of nitrogens with one attached hydrogen (secondary N) is 2. The van der Waals surface area contributed by atoms with E-state index in [1.54, 1.807) is 18.3 Å². The summed E-state index contributed by atoms with van der Waals surface area (Å²) in [5.41, 5.74) is 2.02. The number of rotatable bonds is 6. The minimum atomic E-state index is -3.20. The highest BCUT2D eigenvalue weighted by molar-refractivity contribution is 7.89. The Kier molecular flexibility index (Phi) is 4.33. The van der Waals surface area contributed by atoms with Gasteiger partial charge in [-0.2, -0.15) is 0 Å². The number of anilines is 1. The molecule has 0 atom stereocenters. The van der Waals surface area contributed by atoms with E-state index in [-0.39, 0.29) is 5.75 Å². The second-order valence-corrected chi connectivity index (χ2v) is 6.87. The van der Waals surface area contributed by atoms with Crippen LogP contribution in [0.2, 0.25) is 0 Å². The van der Waals surface area contributed by atoms with Crippen LogP contribution < -0.4 is 10.0 Å². The molecule has 0 unspecified atom stereocenters. The normalized spacial score (nSPS) is 11.9. The molecular weight excluding hydrogens is 284 g/mol. The molecule has 0 fully saturated rings. The van der Waals surface area contributed by atoms with Gasteiger partial charge in [0.2, 0.25) is 10.0 Å². The first kappa shape index (κ1) is 14.2. The molecule has 0 spiro atoms. The number of hydrogen-bond donors (Lipinski definition) is 2. The van der Waals surface area contributed by atoms with E-state index in [1.165, 1.54) is 6.33 Å². The Bertz CT molecular complexity index is 666. The number of aryl methyl sites for hydroxylation is 1. The van der Waals surface area contributed by atoms with Crippen molar-refractivity contribution < 1.29 is 8.42 Å². The van der Waals surface area contributed by atoms with Gasteiger partial charge in [0.05, 0.1) is 16.0 Å². The summed E-state index contributed by atoms with van der Waals surface area (Å²) in [6.45, 7) is 4.47. The first-order chi connectivity index (χ1) is 9.03. The molecule has 0 saturated heterocycles. The summed E-state index contributed by atoms with van der Waals surface area (Å²) in [5.74, 6) is 0.714. The van der Waals surface area contributed by atoms with Crippen molar-refractivity contribution in [2.24, 2.45) is 0 Å². The zero-order valence-electron chi connectivity index (χ0n) is 10.8. The van der Waals surface area contributed by atoms with Crippen LogP contribution in [0, 0.1) is 6.92 Å². The SMILES string of the molecule is CCNS(=O)(=O)CCNc1ncnc2c(C)csc12. The zero-order valence-corrected chi connectivity index (χ0v) is 12.4. The van der Waals surface area contributed by atoms with Crippen molar-refractivity contribution in [3.63, 3.8) is 0 Å². The van der Waals surface area contributed by atoms with Gasteiger partial charge in [0.15, 0.2) is 0 Å². The maximum atomic E-state index is 11.5. The van der Waals surface area contributed by atoms with Gasteiger partial charge < -0.3 is 5.32 Å². The average Bonchev–Trinajstić information content (AvgIpc) is 2.72. The molecule has 0 saturated carbocycles. The van der Waals surface area contributed by atoms with Gasteiger partial charge in [0, 0.05) is 13.1 Å². The topological polar surface area (TPSA) is 84.0 Å². The average molecular weight is 300 g/mol. The van der Waals surface area contributed by atoms with Gasteiger partial charge in [-0.15, -0.1) is 11.3 Å². The van der Waals surface area contributed by atoms with Gasteiger partial charge in [-0.25, -0.2) is 23.1 Å². The standard InChI is InChI=1S/C11H16N4O2S2/c1-3-15-19(16,17)5-4-12-11-10-9(13-7-14-11)8(2)6-18-10/h6-7,15H,3-5H2,1-2H3,(H,12,13,14). The van der Waals surface area contributed by atoms with Crippen molar-refractivity contribution in [1.82, 2.24) is 14.7 Å². The molecule has 2 N–H and O–H groups in total. The summed E-state index contributed by atoms with van der Waals surface area (Å²) in [6.07, 6.45) is 1.49. The Morgan fingerprint density at radius 3 is 2.89 bits per heavy atom. The van der Waals surface area contributed by atoms with Crippen LogP contribution in [0.4, 0.5) is 5.82 Å². The molecule has 19 heavy (non-hydrogen) atoms. The highest BCUT2D eigenvalue weighted by atomic mass is 32.2. The summed E-state index contributed by atoms with van der Waals surface area (Å²) in [4.78, 5) is 8.38. The lowest BCUT2D eigenvalue weighted by Gasteiger charge is -2.07. The maximum absolute atomic E-state index is 11.5. The summed E-state index contributed by atoms with van der Waals surface area (Å²) in [6, 6.07) is 0. The van der Waals surface area contributed by atoms with Crippen molar-refractivity contribution >= 4 is 37.4 Å². The summed E-state index contributed by atoms with van der Waals surface area (Å²) >= 11 is 1.56. The van der Waals surface area contributed by atoms with Gasteiger partial charge in [-0.3, -0.25) is 0 Å². The van der Waals surface area contributed by atoms with Crippen LogP contribution in [0.25, 0.3) is 10.2 Å². The number of hydrogen-bond acceptors (Lipinski definition) is 6. The minimum absolute atomic E-state index is 0.0245. The Hall–Kier alpha value is -1.25. The van der Waals surface area contributed by atoms with Gasteiger partial charge in [0.1, 0.15) is 12.1 Å². The predicted octanol–water partition coefficient (Wildman–Crippen LogP) is 1.35. The molecular formula is C11H16N4O2S2. The van der Waals surface area contributed by atoms with E-state index in [1.807, 2.05) is 12.3 Å². The van der Waals surface area contributed by atoms with Crippen LogP contribution in [0.15, 0.2) is 11.7 Å². The Morgan fingerprint density at radius 2 is 2.16 bits per heavy atom. The molecule has 0 radical (unpaired) electrons. The van der Waals surface area contributed by atoms with Crippen LogP contribution in [0.3, 0.4) is 0 Å². The number of nitrogens with zero attached hydrogens (tertiary/aromatic N) is 2. The van der Waals surface area contributed by atoms with Gasteiger partial charge in [-0.1, -0.05) is 6.92 Å². The molecule has 0 aliphatic heterocycles. The molecule has 0 aromatic carbocycles. The number of sulfonamides is 1. The van der Waals surface area contributed by atoms with Crippen LogP contribution in [-0.4, -0.2) is 37.2 Å². The molecule has 2 rings (SSSR count). The van der Waals surface area contributed by atoms with E-state index in [0.717, 1.165) is 15.8 Å². The molecule has 0 aliphatic carbocycles. The van der Waals surface area contributed by atoms with Crippen LogP contribution in [-0.2, 0) is 10.0 Å². The number of fused-ring (bicyclic) bond motifs is 1. The van der Waals surface area contributed by atoms with Crippen LogP contribution >= 0.6 is 11.3 Å². The Morgan fingerprint density at radius 1 is 1.37 bits per heavy atom. The van der Waals surface area contributed by atoms with Crippen molar-refractivity contribution in [2.45, 2.75) is 13.8 Å². The zero-order chi connectivity index (χ0) is 13.9. The van der Waals surface area contributed by atoms with E-state index in [4.69, 9.17) is 0 Å². The number of thiophene rings is 1. The van der Waals surface area contributed by atoms with E-state index in [9.17, 15) is 8.42 Å². The Labute approximate surface area is 116 Å². The molecule has 0 bridgehead atoms. The minimum Gasteiger partial charge on any atom is -0.368 e. The molecule has 0 aliphatic rings. The van der Waals surface area contributed by atoms with E-state index in [2.05, 4.69) is 20.0 Å². The van der Waals surface area contributed by atoms with Gasteiger partial charge >= 0.3 is 0 Å². The van der Waals surface area contributed by atoms with Crippen molar-refractivity contribution in [1.29, 1.82) is 0 Å². The summed E-state index contributed by atoms with van der Waals surface area (Å²) in [7, 11) is -3.20. The fourth-order valence-corrected chi connectivity index (χ4v) is 3.61. The smallest absolute Gasteiger partial charge is 0.213 e. The van der Waals surface area contributed by atoms with Crippen molar-refractivity contribution in [2.75, 3.05) is 24.2 Å². The lowest BCUT2D eigenvalue weighted by atomic mass is 10.3. The molecule has 104 valence electrons. The van der Waals surface area contributed by atoms with E-state index >= 15 is 0 Å². The first-order valence-corrected chi connectivity index (χ1v) is 8.46. The fourth-order valence-electron chi connectivity index (χ4n) is 1.69. The lowest BCUT2D eigenvalue weighted by molar-refractivity contribution is 0.584. The van der Waals surface area contributed by atoms with Gasteiger partial charge in [-0.05, 0) is 17.9 Å². The van der Waals surface area contributed by atoms with Gasteiger partial charge in [0.25, 0.3) is 0 Å². The van der Waals surface area contributed by atoms with Crippen LogP contribution in [0.1, 0.15) is 12.5 Å². The van der Waals surface area contributed by atoms with Crippen molar-refractivity contribution in [3.05, 3.63) is 17.3 Å². The highest BCUT2D eigenvalue weighted by Gasteiger charge is 2.10.